The molecule has 2 aromatic heterocycles. The van der Waals surface area contributed by atoms with Crippen LogP contribution in [0, 0.1) is 0 Å². The summed E-state index contributed by atoms with van der Waals surface area (Å²) < 4.78 is 42.7. The number of carbonyl (C=O) groups is 1. The Morgan fingerprint density at radius 3 is 2.48 bits per heavy atom. The van der Waals surface area contributed by atoms with Crippen LogP contribution in [0.4, 0.5) is 13.2 Å². The van der Waals surface area contributed by atoms with E-state index in [2.05, 4.69) is 25.1 Å². The maximum Gasteiger partial charge on any atom is 0.573 e. The predicted molar refractivity (Wildman–Crippen MR) is 103 cm³/mol. The van der Waals surface area contributed by atoms with E-state index in [0.717, 1.165) is 0 Å². The molecule has 2 unspecified atom stereocenters. The Morgan fingerprint density at radius 2 is 1.94 bits per heavy atom. The fourth-order valence-electron chi connectivity index (χ4n) is 3.10. The highest BCUT2D eigenvalue weighted by atomic mass is 19.4. The lowest BCUT2D eigenvalue weighted by Gasteiger charge is -2.32. The number of aromatic nitrogens is 4. The van der Waals surface area contributed by atoms with Crippen LogP contribution in [0.2, 0.25) is 0 Å². The van der Waals surface area contributed by atoms with Crippen LogP contribution in [0.15, 0.2) is 42.7 Å². The number of ether oxygens (including phenoxy) is 1. The Morgan fingerprint density at radius 1 is 1.19 bits per heavy atom. The van der Waals surface area contributed by atoms with Crippen molar-refractivity contribution >= 4 is 5.91 Å². The SMILES string of the molecule is Cn1cc(-c2nc(C(=O)NC3CCC3O)cc(-c3ccc(OC(F)(F)F)cc3)n2)cn1. The Balaban J connectivity index is 1.68. The largest absolute Gasteiger partial charge is 0.573 e. The molecule has 3 aromatic rings. The van der Waals surface area contributed by atoms with E-state index >= 15 is 0 Å². The average Bonchev–Trinajstić information content (AvgIpc) is 3.16. The van der Waals surface area contributed by atoms with E-state index in [4.69, 9.17) is 0 Å². The van der Waals surface area contributed by atoms with Gasteiger partial charge in [-0.15, -0.1) is 13.2 Å². The Labute approximate surface area is 174 Å². The number of aryl methyl sites for hydroxylation is 1. The third-order valence-corrected chi connectivity index (χ3v) is 4.86. The topological polar surface area (TPSA) is 102 Å². The van der Waals surface area contributed by atoms with E-state index in [-0.39, 0.29) is 23.3 Å². The minimum absolute atomic E-state index is 0.0681. The molecule has 1 aromatic carbocycles. The van der Waals surface area contributed by atoms with Crippen LogP contribution >= 0.6 is 0 Å². The molecule has 1 aliphatic rings. The molecule has 11 heteroatoms. The van der Waals surface area contributed by atoms with Gasteiger partial charge in [0.15, 0.2) is 5.82 Å². The van der Waals surface area contributed by atoms with Gasteiger partial charge in [0.2, 0.25) is 0 Å². The maximum absolute atomic E-state index is 12.7. The number of amides is 1. The zero-order valence-corrected chi connectivity index (χ0v) is 16.3. The van der Waals surface area contributed by atoms with Crippen LogP contribution in [0.25, 0.3) is 22.6 Å². The second-order valence-corrected chi connectivity index (χ2v) is 7.16. The number of hydrogen-bond acceptors (Lipinski definition) is 6. The summed E-state index contributed by atoms with van der Waals surface area (Å²) in [6.45, 7) is 0. The molecular formula is C20H18F3N5O3. The summed E-state index contributed by atoms with van der Waals surface area (Å²) in [7, 11) is 1.72. The van der Waals surface area contributed by atoms with Crippen LogP contribution < -0.4 is 10.1 Å². The second-order valence-electron chi connectivity index (χ2n) is 7.16. The first-order chi connectivity index (χ1) is 14.7. The molecule has 1 saturated carbocycles. The van der Waals surface area contributed by atoms with Crippen molar-refractivity contribution in [2.24, 2.45) is 7.05 Å². The van der Waals surface area contributed by atoms with Crippen LogP contribution in [-0.2, 0) is 7.05 Å². The number of benzene rings is 1. The zero-order chi connectivity index (χ0) is 22.2. The highest BCUT2D eigenvalue weighted by Gasteiger charge is 2.32. The number of rotatable bonds is 5. The standard InChI is InChI=1S/C20H18F3N5O3/c1-28-10-12(9-24-28)18-25-15(11-2-4-13(5-3-11)31-20(21,22)23)8-16(26-18)19(30)27-14-6-7-17(14)29/h2-5,8-10,14,17,29H,6-7H2,1H3,(H,27,30). The Kier molecular flexibility index (Phi) is 5.36. The number of aliphatic hydroxyl groups excluding tert-OH is 1. The number of nitrogens with one attached hydrogen (secondary N) is 1. The number of hydrogen-bond donors (Lipinski definition) is 2. The van der Waals surface area contributed by atoms with Crippen LogP contribution in [0.3, 0.4) is 0 Å². The smallest absolute Gasteiger partial charge is 0.406 e. The van der Waals surface area contributed by atoms with Crippen LogP contribution in [-0.4, -0.2) is 49.3 Å². The zero-order valence-electron chi connectivity index (χ0n) is 16.3. The highest BCUT2D eigenvalue weighted by molar-refractivity contribution is 5.94. The average molecular weight is 433 g/mol. The Hall–Kier alpha value is -3.47. The van der Waals surface area contributed by atoms with Gasteiger partial charge in [0.1, 0.15) is 11.4 Å². The van der Waals surface area contributed by atoms with Gasteiger partial charge in [0.05, 0.1) is 29.6 Å². The van der Waals surface area contributed by atoms with E-state index in [1.807, 2.05) is 0 Å². The summed E-state index contributed by atoms with van der Waals surface area (Å²) in [5.41, 5.74) is 1.45. The summed E-state index contributed by atoms with van der Waals surface area (Å²) in [5.74, 6) is -0.607. The molecule has 0 saturated heterocycles. The fraction of sp³-hybridized carbons (Fsp3) is 0.300. The fourth-order valence-corrected chi connectivity index (χ4v) is 3.10. The van der Waals surface area contributed by atoms with Gasteiger partial charge in [0.25, 0.3) is 5.91 Å². The minimum Gasteiger partial charge on any atom is -0.406 e. The third-order valence-electron chi connectivity index (χ3n) is 4.86. The first-order valence-electron chi connectivity index (χ1n) is 9.41. The molecule has 1 amide bonds. The van der Waals surface area contributed by atoms with Crippen molar-refractivity contribution in [3.8, 4) is 28.4 Å². The predicted octanol–water partition coefficient (Wildman–Crippen LogP) is 2.70. The normalized spacial score (nSPS) is 18.4. The van der Waals surface area contributed by atoms with Crippen molar-refractivity contribution in [2.45, 2.75) is 31.3 Å². The molecule has 2 heterocycles. The molecular weight excluding hydrogens is 415 g/mol. The molecule has 2 N–H and O–H groups in total. The van der Waals surface area contributed by atoms with Crippen molar-refractivity contribution < 1.29 is 27.8 Å². The van der Waals surface area contributed by atoms with E-state index in [1.54, 1.807) is 17.9 Å². The second kappa shape index (κ2) is 7.99. The van der Waals surface area contributed by atoms with Gasteiger partial charge >= 0.3 is 6.36 Å². The van der Waals surface area contributed by atoms with Gasteiger partial charge in [0, 0.05) is 18.8 Å². The monoisotopic (exact) mass is 433 g/mol. The number of halogens is 3. The van der Waals surface area contributed by atoms with Crippen molar-refractivity contribution in [2.75, 3.05) is 0 Å². The molecule has 4 rings (SSSR count). The van der Waals surface area contributed by atoms with Crippen molar-refractivity contribution in [1.29, 1.82) is 0 Å². The quantitative estimate of drug-likeness (QED) is 0.642. The molecule has 1 fully saturated rings. The third kappa shape index (κ3) is 4.82. The van der Waals surface area contributed by atoms with Gasteiger partial charge in [-0.3, -0.25) is 9.48 Å². The minimum atomic E-state index is -4.79. The Bertz CT molecular complexity index is 1100. The van der Waals surface area contributed by atoms with Crippen molar-refractivity contribution in [1.82, 2.24) is 25.1 Å². The van der Waals surface area contributed by atoms with Crippen molar-refractivity contribution in [3.63, 3.8) is 0 Å². The first-order valence-corrected chi connectivity index (χ1v) is 9.41. The van der Waals surface area contributed by atoms with E-state index < -0.39 is 18.4 Å². The molecule has 8 nitrogen and oxygen atoms in total. The van der Waals surface area contributed by atoms with Crippen LogP contribution in [0.5, 0.6) is 5.75 Å². The molecule has 0 aliphatic heterocycles. The summed E-state index contributed by atoms with van der Waals surface area (Å²) in [6, 6.07) is 6.26. The molecule has 0 radical (unpaired) electrons. The van der Waals surface area contributed by atoms with Crippen molar-refractivity contribution in [3.05, 3.63) is 48.4 Å². The number of aliphatic hydroxyl groups is 1. The van der Waals surface area contributed by atoms with Gasteiger partial charge in [-0.05, 0) is 43.2 Å². The number of alkyl halides is 3. The van der Waals surface area contributed by atoms with Gasteiger partial charge in [-0.2, -0.15) is 5.10 Å². The maximum atomic E-state index is 12.7. The summed E-state index contributed by atoms with van der Waals surface area (Å²) >= 11 is 0. The lowest BCUT2D eigenvalue weighted by atomic mass is 9.89. The van der Waals surface area contributed by atoms with Gasteiger partial charge < -0.3 is 15.2 Å². The lowest BCUT2D eigenvalue weighted by molar-refractivity contribution is -0.274. The van der Waals surface area contributed by atoms with E-state index in [1.165, 1.54) is 36.5 Å². The summed E-state index contributed by atoms with van der Waals surface area (Å²) in [6.07, 6.45) is -0.882. The molecule has 2 atom stereocenters. The molecule has 1 aliphatic carbocycles. The first kappa shape index (κ1) is 20.8. The van der Waals surface area contributed by atoms with E-state index in [0.29, 0.717) is 29.7 Å². The highest BCUT2D eigenvalue weighted by Crippen LogP contribution is 2.27. The molecule has 31 heavy (non-hydrogen) atoms. The summed E-state index contributed by atoms with van der Waals surface area (Å²) in [5, 5.41) is 16.5. The molecule has 0 bridgehead atoms. The van der Waals surface area contributed by atoms with Crippen LogP contribution in [0.1, 0.15) is 23.3 Å². The van der Waals surface area contributed by atoms with E-state index in [9.17, 15) is 23.1 Å². The molecule has 162 valence electrons. The summed E-state index contributed by atoms with van der Waals surface area (Å²) in [4.78, 5) is 21.5. The van der Waals surface area contributed by atoms with Gasteiger partial charge in [-0.25, -0.2) is 9.97 Å². The number of nitrogens with zero attached hydrogens (tertiary/aromatic N) is 4. The lowest BCUT2D eigenvalue weighted by Crippen LogP contribution is -2.50. The number of carbonyl (C=O) groups excluding carboxylic acids is 1. The molecule has 0 spiro atoms. The van der Waals surface area contributed by atoms with Gasteiger partial charge in [-0.1, -0.05) is 0 Å².